The van der Waals surface area contributed by atoms with Gasteiger partial charge in [0.15, 0.2) is 0 Å². The van der Waals surface area contributed by atoms with Gasteiger partial charge in [-0.05, 0) is 38.0 Å². The Bertz CT molecular complexity index is 491. The molecule has 4 fully saturated rings. The first kappa shape index (κ1) is 17.7. The highest BCUT2D eigenvalue weighted by atomic mass is 19.3. The van der Waals surface area contributed by atoms with Crippen LogP contribution in [-0.4, -0.2) is 55.0 Å². The predicted molar refractivity (Wildman–Crippen MR) is 76.6 cm³/mol. The predicted octanol–water partition coefficient (Wildman–Crippen LogP) is 1.86. The lowest BCUT2D eigenvalue weighted by molar-refractivity contribution is -0.249. The molecule has 4 bridgehead atoms. The van der Waals surface area contributed by atoms with E-state index in [0.29, 0.717) is 18.3 Å². The van der Waals surface area contributed by atoms with Crippen molar-refractivity contribution in [1.82, 2.24) is 0 Å². The Balaban J connectivity index is 1.33. The Kier molecular flexibility index (Phi) is 4.90. The molecule has 4 rings (SSSR count). The van der Waals surface area contributed by atoms with Gasteiger partial charge in [-0.15, -0.1) is 0 Å². The number of hydrogen-bond donors (Lipinski definition) is 1. The maximum Gasteiger partial charge on any atom is 0.456 e. The lowest BCUT2D eigenvalue weighted by Crippen LogP contribution is -2.56. The molecule has 1 N–H and O–H groups in total. The molecule has 0 radical (unpaired) electrons. The molecule has 6 nitrogen and oxygen atoms in total. The summed E-state index contributed by atoms with van der Waals surface area (Å²) in [6, 6.07) is 0. The molecule has 0 spiro atoms. The molecule has 8 heteroatoms. The molecule has 2 atom stereocenters. The van der Waals surface area contributed by atoms with Gasteiger partial charge in [0, 0.05) is 11.8 Å². The minimum absolute atomic E-state index is 0.133. The zero-order valence-corrected chi connectivity index (χ0v) is 13.3. The summed E-state index contributed by atoms with van der Waals surface area (Å²) in [5, 5.41) is 8.19. The van der Waals surface area contributed by atoms with Crippen LogP contribution >= 0.6 is 0 Å². The van der Waals surface area contributed by atoms with Crippen molar-refractivity contribution in [3.05, 3.63) is 0 Å². The van der Waals surface area contributed by atoms with Gasteiger partial charge in [0.25, 0.3) is 0 Å². The third kappa shape index (κ3) is 3.60. The molecule has 0 aromatic heterocycles. The van der Waals surface area contributed by atoms with Crippen LogP contribution in [0, 0.1) is 17.8 Å². The summed E-state index contributed by atoms with van der Waals surface area (Å²) in [5.74, 6) is -1.06. The maximum absolute atomic E-state index is 12.6. The Morgan fingerprint density at radius 3 is 2.38 bits per heavy atom. The quantitative estimate of drug-likeness (QED) is 0.641. The van der Waals surface area contributed by atoms with Crippen LogP contribution in [0.2, 0.25) is 0 Å². The van der Waals surface area contributed by atoms with Crippen LogP contribution in [0.15, 0.2) is 0 Å². The average molecular weight is 348 g/mol. The number of ketones is 1. The van der Waals surface area contributed by atoms with Crippen LogP contribution in [0.5, 0.6) is 0 Å². The Labute approximate surface area is 138 Å². The summed E-state index contributed by atoms with van der Waals surface area (Å²) in [6.07, 6.45) is 0.352. The minimum Gasteiger partial charge on any atom is -0.475 e. The first-order valence-corrected chi connectivity index (χ1v) is 8.32. The molecule has 0 saturated heterocycles. The highest BCUT2D eigenvalue weighted by molar-refractivity contribution is 5.85. The van der Waals surface area contributed by atoms with Gasteiger partial charge < -0.3 is 19.3 Å². The van der Waals surface area contributed by atoms with Crippen molar-refractivity contribution in [2.75, 3.05) is 26.4 Å². The molecular formula is C16H22F2O6. The summed E-state index contributed by atoms with van der Waals surface area (Å²) in [6.45, 7) is -0.0931. The van der Waals surface area contributed by atoms with Crippen molar-refractivity contribution in [2.24, 2.45) is 17.8 Å². The molecule has 0 aliphatic heterocycles. The largest absolute Gasteiger partial charge is 0.475 e. The zero-order chi connectivity index (χ0) is 17.4. The van der Waals surface area contributed by atoms with E-state index in [2.05, 4.69) is 4.74 Å². The first-order chi connectivity index (χ1) is 11.3. The highest BCUT2D eigenvalue weighted by Crippen LogP contribution is 2.55. The van der Waals surface area contributed by atoms with E-state index in [1.54, 1.807) is 0 Å². The number of carbonyl (C=O) groups excluding carboxylic acids is 1. The number of hydrogen-bond acceptors (Lipinski definition) is 5. The van der Waals surface area contributed by atoms with Crippen LogP contribution in [0.3, 0.4) is 0 Å². The fourth-order valence-electron chi connectivity index (χ4n) is 4.56. The van der Waals surface area contributed by atoms with Gasteiger partial charge in [0.1, 0.15) is 5.78 Å². The van der Waals surface area contributed by atoms with E-state index in [9.17, 15) is 18.4 Å². The van der Waals surface area contributed by atoms with Crippen molar-refractivity contribution in [3.63, 3.8) is 0 Å². The smallest absolute Gasteiger partial charge is 0.456 e. The minimum atomic E-state index is -4.19. The third-order valence-electron chi connectivity index (χ3n) is 5.33. The second kappa shape index (κ2) is 6.65. The fraction of sp³-hybridized carbons (Fsp3) is 0.875. The van der Waals surface area contributed by atoms with E-state index in [4.69, 9.17) is 14.6 Å². The zero-order valence-electron chi connectivity index (χ0n) is 13.3. The Morgan fingerprint density at radius 1 is 1.12 bits per heavy atom. The van der Waals surface area contributed by atoms with Gasteiger partial charge in [-0.3, -0.25) is 4.79 Å². The number of rotatable bonds is 9. The summed E-state index contributed by atoms with van der Waals surface area (Å²) >= 11 is 0. The second-order valence-electron chi connectivity index (χ2n) is 7.06. The Hall–Kier alpha value is -1.12. The van der Waals surface area contributed by atoms with Crippen LogP contribution in [-0.2, 0) is 23.8 Å². The van der Waals surface area contributed by atoms with E-state index >= 15 is 0 Å². The highest BCUT2D eigenvalue weighted by Gasteiger charge is 2.55. The van der Waals surface area contributed by atoms with Gasteiger partial charge in [-0.1, -0.05) is 0 Å². The lowest BCUT2D eigenvalue weighted by Gasteiger charge is -2.55. The Morgan fingerprint density at radius 2 is 1.75 bits per heavy atom. The number of carboxylic acid groups (broad SMARTS) is 1. The van der Waals surface area contributed by atoms with E-state index in [-0.39, 0.29) is 30.7 Å². The molecule has 0 aromatic carbocycles. The normalized spacial score (nSPS) is 34.8. The number of carboxylic acids is 1. The molecular weight excluding hydrogens is 326 g/mol. The lowest BCUT2D eigenvalue weighted by atomic mass is 9.53. The van der Waals surface area contributed by atoms with Gasteiger partial charge in [-0.2, -0.15) is 8.78 Å². The SMILES string of the molecule is O=C1C2CC3CC1CC(OCCOCCOC(F)(F)C(=O)O)(C3)C2. The van der Waals surface area contributed by atoms with Crippen LogP contribution in [0.25, 0.3) is 0 Å². The summed E-state index contributed by atoms with van der Waals surface area (Å²) < 4.78 is 40.4. The van der Waals surface area contributed by atoms with Crippen molar-refractivity contribution in [1.29, 1.82) is 0 Å². The standard InChI is InChI=1S/C16H22F2O6/c17-16(18,14(20)21)24-4-2-22-1-3-23-15-7-10-5-11(8-15)13(19)12(6-10)9-15/h10-12H,1-9H2,(H,20,21). The topological polar surface area (TPSA) is 82.1 Å². The van der Waals surface area contributed by atoms with Gasteiger partial charge in [0.2, 0.25) is 0 Å². The molecule has 2 unspecified atom stereocenters. The number of halogens is 2. The molecule has 136 valence electrons. The van der Waals surface area contributed by atoms with Gasteiger partial charge >= 0.3 is 12.1 Å². The summed E-state index contributed by atoms with van der Waals surface area (Å²) in [5.41, 5.74) is -0.222. The molecule has 24 heavy (non-hydrogen) atoms. The van der Waals surface area contributed by atoms with Gasteiger partial charge in [-0.25, -0.2) is 4.79 Å². The molecule has 4 aliphatic rings. The third-order valence-corrected chi connectivity index (χ3v) is 5.33. The fourth-order valence-corrected chi connectivity index (χ4v) is 4.56. The van der Waals surface area contributed by atoms with Crippen molar-refractivity contribution >= 4 is 11.8 Å². The van der Waals surface area contributed by atoms with E-state index in [1.807, 2.05) is 0 Å². The average Bonchev–Trinajstić information content (AvgIpc) is 2.50. The molecule has 0 aromatic rings. The maximum atomic E-state index is 12.6. The summed E-state index contributed by atoms with van der Waals surface area (Å²) in [4.78, 5) is 22.3. The van der Waals surface area contributed by atoms with E-state index < -0.39 is 18.7 Å². The summed E-state index contributed by atoms with van der Waals surface area (Å²) in [7, 11) is 0. The second-order valence-corrected chi connectivity index (χ2v) is 7.06. The molecule has 0 amide bonds. The first-order valence-electron chi connectivity index (χ1n) is 8.32. The van der Waals surface area contributed by atoms with Crippen LogP contribution < -0.4 is 0 Å². The number of alkyl halides is 2. The number of aliphatic carboxylic acids is 1. The van der Waals surface area contributed by atoms with Gasteiger partial charge in [0.05, 0.1) is 32.0 Å². The van der Waals surface area contributed by atoms with E-state index in [0.717, 1.165) is 32.1 Å². The van der Waals surface area contributed by atoms with Crippen molar-refractivity contribution in [3.8, 4) is 0 Å². The van der Waals surface area contributed by atoms with Crippen molar-refractivity contribution in [2.45, 2.75) is 43.8 Å². The number of ether oxygens (including phenoxy) is 3. The molecule has 0 heterocycles. The van der Waals surface area contributed by atoms with Crippen LogP contribution in [0.1, 0.15) is 32.1 Å². The molecule has 4 saturated carbocycles. The monoisotopic (exact) mass is 348 g/mol. The number of Topliss-reactive ketones (excluding diaryl/α,β-unsaturated/α-hetero) is 1. The number of carbonyl (C=O) groups is 2. The van der Waals surface area contributed by atoms with Crippen LogP contribution in [0.4, 0.5) is 8.78 Å². The molecule has 4 aliphatic carbocycles. The van der Waals surface area contributed by atoms with Crippen molar-refractivity contribution < 1.29 is 37.7 Å². The van der Waals surface area contributed by atoms with E-state index in [1.165, 1.54) is 0 Å².